The number of sulfonamides is 1. The zero-order valence-corrected chi connectivity index (χ0v) is 29.8. The smallest absolute Gasteiger partial charge is 0.264 e. The van der Waals surface area contributed by atoms with Crippen molar-refractivity contribution in [3.05, 3.63) is 128 Å². The maximum Gasteiger partial charge on any atom is 0.264 e. The minimum atomic E-state index is -4.32. The molecule has 1 atom stereocenters. The van der Waals surface area contributed by atoms with Crippen molar-refractivity contribution in [2.24, 2.45) is 0 Å². The van der Waals surface area contributed by atoms with E-state index < -0.39 is 28.5 Å². The molecule has 4 aromatic carbocycles. The van der Waals surface area contributed by atoms with Gasteiger partial charge in [-0.05, 0) is 60.9 Å². The van der Waals surface area contributed by atoms with Gasteiger partial charge in [-0.2, -0.15) is 0 Å². The molecule has 7 nitrogen and oxygen atoms in total. The Balaban J connectivity index is 1.60. The lowest BCUT2D eigenvalue weighted by Crippen LogP contribution is -2.55. The number of nitrogens with zero attached hydrogens (tertiary/aromatic N) is 2. The molecule has 1 aliphatic carbocycles. The highest BCUT2D eigenvalue weighted by molar-refractivity contribution is 7.92. The Morgan fingerprint density at radius 2 is 1.35 bits per heavy atom. The highest BCUT2D eigenvalue weighted by Gasteiger charge is 2.36. The molecule has 0 spiro atoms. The van der Waals surface area contributed by atoms with Gasteiger partial charge in [0, 0.05) is 44.7 Å². The van der Waals surface area contributed by atoms with Crippen molar-refractivity contribution in [1.29, 1.82) is 0 Å². The van der Waals surface area contributed by atoms with Crippen LogP contribution in [0.3, 0.4) is 0 Å². The van der Waals surface area contributed by atoms with Gasteiger partial charge >= 0.3 is 0 Å². The number of hydrogen-bond donors (Lipinski definition) is 1. The minimum Gasteiger partial charge on any atom is -0.352 e. The molecule has 2 amide bonds. The van der Waals surface area contributed by atoms with Gasteiger partial charge in [-0.25, -0.2) is 8.42 Å². The van der Waals surface area contributed by atoms with E-state index in [0.717, 1.165) is 42.0 Å². The van der Waals surface area contributed by atoms with Crippen LogP contribution in [-0.4, -0.2) is 43.8 Å². The zero-order valence-electron chi connectivity index (χ0n) is 26.0. The third-order valence-electron chi connectivity index (χ3n) is 8.36. The number of hydrogen-bond acceptors (Lipinski definition) is 4. The molecule has 1 fully saturated rings. The lowest BCUT2D eigenvalue weighted by Gasteiger charge is -2.35. The molecule has 1 aliphatic rings. The molecule has 0 bridgehead atoms. The minimum absolute atomic E-state index is 0.0334. The molecule has 1 unspecified atom stereocenters. The number of rotatable bonds is 12. The molecule has 1 N–H and O–H groups in total. The quantitative estimate of drug-likeness (QED) is 0.157. The van der Waals surface area contributed by atoms with Crippen molar-refractivity contribution in [2.45, 2.75) is 62.0 Å². The summed E-state index contributed by atoms with van der Waals surface area (Å²) in [5.41, 5.74) is 1.34. The van der Waals surface area contributed by atoms with Crippen molar-refractivity contribution in [1.82, 2.24) is 10.2 Å². The summed E-state index contributed by atoms with van der Waals surface area (Å²) in [6.45, 7) is -0.819. The van der Waals surface area contributed by atoms with Crippen LogP contribution in [0.25, 0.3) is 0 Å². The van der Waals surface area contributed by atoms with E-state index in [9.17, 15) is 18.0 Å². The van der Waals surface area contributed by atoms with Crippen molar-refractivity contribution in [3.8, 4) is 0 Å². The van der Waals surface area contributed by atoms with E-state index in [2.05, 4.69) is 5.32 Å². The average molecular weight is 748 g/mol. The van der Waals surface area contributed by atoms with Crippen LogP contribution in [-0.2, 0) is 32.6 Å². The van der Waals surface area contributed by atoms with Gasteiger partial charge in [0.2, 0.25) is 11.8 Å². The molecule has 12 heteroatoms. The average Bonchev–Trinajstić information content (AvgIpc) is 3.07. The Kier molecular flexibility index (Phi) is 12.3. The lowest BCUT2D eigenvalue weighted by atomic mass is 9.94. The Labute approximate surface area is 301 Å². The van der Waals surface area contributed by atoms with Crippen LogP contribution < -0.4 is 9.62 Å². The highest BCUT2D eigenvalue weighted by Crippen LogP contribution is 2.32. The molecule has 252 valence electrons. The number of anilines is 1. The summed E-state index contributed by atoms with van der Waals surface area (Å²) in [6, 6.07) is 25.4. The van der Waals surface area contributed by atoms with Crippen molar-refractivity contribution in [3.63, 3.8) is 0 Å². The van der Waals surface area contributed by atoms with Crippen molar-refractivity contribution < 1.29 is 18.0 Å². The topological polar surface area (TPSA) is 86.8 Å². The third-order valence-corrected chi connectivity index (χ3v) is 11.3. The van der Waals surface area contributed by atoms with Crippen LogP contribution >= 0.6 is 46.4 Å². The van der Waals surface area contributed by atoms with E-state index in [4.69, 9.17) is 46.4 Å². The van der Waals surface area contributed by atoms with Gasteiger partial charge in [-0.3, -0.25) is 13.9 Å². The van der Waals surface area contributed by atoms with E-state index in [1.807, 2.05) is 30.3 Å². The summed E-state index contributed by atoms with van der Waals surface area (Å²) in [5, 5.41) is 4.17. The third kappa shape index (κ3) is 9.04. The molecule has 0 aromatic heterocycles. The van der Waals surface area contributed by atoms with Gasteiger partial charge in [0.1, 0.15) is 12.6 Å². The Hall–Kier alpha value is -3.27. The standard InChI is InChI=1S/C36H35Cl4N3O4S/c37-26-20-27(38)22-29(21-26)43(48(46,47)30-15-8-3-9-16-30)24-35(44)42(23-31-32(39)17-10-18-33(31)40)34(19-25-11-4-1-5-12-25)36(45)41-28-13-6-2-7-14-28/h1,3-5,8-12,15-18,20-22,28,34H,2,6-7,13-14,19,23-24H2,(H,41,45). The van der Waals surface area contributed by atoms with Crippen molar-refractivity contribution in [2.75, 3.05) is 10.8 Å². The number of carbonyl (C=O) groups excluding carboxylic acids is 2. The molecule has 48 heavy (non-hydrogen) atoms. The predicted molar refractivity (Wildman–Crippen MR) is 193 cm³/mol. The van der Waals surface area contributed by atoms with Gasteiger partial charge in [0.25, 0.3) is 10.0 Å². The summed E-state index contributed by atoms with van der Waals surface area (Å²) in [4.78, 5) is 30.3. The zero-order chi connectivity index (χ0) is 34.3. The van der Waals surface area contributed by atoms with Gasteiger partial charge in [-0.15, -0.1) is 0 Å². The molecular formula is C36H35Cl4N3O4S. The van der Waals surface area contributed by atoms with Crippen LogP contribution in [0.1, 0.15) is 43.2 Å². The first-order valence-electron chi connectivity index (χ1n) is 15.6. The Bertz CT molecular complexity index is 1800. The van der Waals surface area contributed by atoms with E-state index in [-0.39, 0.29) is 45.5 Å². The first-order chi connectivity index (χ1) is 23.0. The molecule has 5 rings (SSSR count). The Morgan fingerprint density at radius 1 is 0.771 bits per heavy atom. The SMILES string of the molecule is O=C(NC1CCCCC1)C(Cc1ccccc1)N(Cc1c(Cl)cccc1Cl)C(=O)CN(c1cc(Cl)cc(Cl)c1)S(=O)(=O)c1ccccc1. The fourth-order valence-corrected chi connectivity index (χ4v) is 8.33. The van der Waals surface area contributed by atoms with Crippen LogP contribution in [0, 0.1) is 0 Å². The van der Waals surface area contributed by atoms with E-state index in [0.29, 0.717) is 15.6 Å². The molecular weight excluding hydrogens is 712 g/mol. The van der Waals surface area contributed by atoms with Gasteiger partial charge < -0.3 is 10.2 Å². The molecule has 4 aromatic rings. The molecule has 0 saturated heterocycles. The normalized spacial score (nSPS) is 14.2. The maximum atomic E-state index is 14.7. The molecule has 0 radical (unpaired) electrons. The summed E-state index contributed by atoms with van der Waals surface area (Å²) in [5.74, 6) is -0.994. The second kappa shape index (κ2) is 16.4. The van der Waals surface area contributed by atoms with E-state index >= 15 is 0 Å². The largest absolute Gasteiger partial charge is 0.352 e. The van der Waals surface area contributed by atoms with Crippen LogP contribution in [0.2, 0.25) is 20.1 Å². The van der Waals surface area contributed by atoms with E-state index in [1.165, 1.54) is 35.2 Å². The van der Waals surface area contributed by atoms with E-state index in [1.54, 1.807) is 36.4 Å². The van der Waals surface area contributed by atoms with Gasteiger partial charge in [0.15, 0.2) is 0 Å². The number of nitrogens with one attached hydrogen (secondary N) is 1. The predicted octanol–water partition coefficient (Wildman–Crippen LogP) is 8.58. The second-order valence-electron chi connectivity index (χ2n) is 11.7. The van der Waals surface area contributed by atoms with Gasteiger partial charge in [0.05, 0.1) is 10.6 Å². The van der Waals surface area contributed by atoms with Crippen LogP contribution in [0.4, 0.5) is 5.69 Å². The fourth-order valence-electron chi connectivity index (χ4n) is 5.88. The summed E-state index contributed by atoms with van der Waals surface area (Å²) in [7, 11) is -4.32. The second-order valence-corrected chi connectivity index (χ2v) is 15.3. The maximum absolute atomic E-state index is 14.7. The Morgan fingerprint density at radius 3 is 1.96 bits per heavy atom. The summed E-state index contributed by atoms with van der Waals surface area (Å²) >= 11 is 25.9. The monoisotopic (exact) mass is 745 g/mol. The first kappa shape index (κ1) is 36.0. The fraction of sp³-hybridized carbons (Fsp3) is 0.278. The number of halogens is 4. The lowest BCUT2D eigenvalue weighted by molar-refractivity contribution is -0.140. The van der Waals surface area contributed by atoms with Crippen molar-refractivity contribution >= 4 is 73.9 Å². The number of amides is 2. The van der Waals surface area contributed by atoms with Gasteiger partial charge in [-0.1, -0.05) is 120 Å². The van der Waals surface area contributed by atoms with Crippen LogP contribution in [0.5, 0.6) is 0 Å². The molecule has 1 saturated carbocycles. The molecule has 0 aliphatic heterocycles. The number of benzene rings is 4. The first-order valence-corrected chi connectivity index (χ1v) is 18.6. The molecule has 0 heterocycles. The highest BCUT2D eigenvalue weighted by atomic mass is 35.5. The number of carbonyl (C=O) groups is 2. The summed E-state index contributed by atoms with van der Waals surface area (Å²) in [6.07, 6.45) is 4.96. The summed E-state index contributed by atoms with van der Waals surface area (Å²) < 4.78 is 29.3. The van der Waals surface area contributed by atoms with Crippen LogP contribution in [0.15, 0.2) is 102 Å².